The number of Topliss-reactive ketones (excluding diaryl/α,β-unsaturated/α-hetero) is 1. The summed E-state index contributed by atoms with van der Waals surface area (Å²) in [4.78, 5) is 24.0. The second-order valence-corrected chi connectivity index (χ2v) is 7.57. The van der Waals surface area contributed by atoms with Crippen LogP contribution in [0.5, 0.6) is 0 Å². The largest absolute Gasteiger partial charge is 0.325 e. The Labute approximate surface area is 157 Å². The molecule has 2 aromatic rings. The number of para-hydroxylation sites is 1. The van der Waals surface area contributed by atoms with Crippen LogP contribution < -0.4 is 5.32 Å². The molecule has 0 spiro atoms. The molecule has 6 nitrogen and oxygen atoms in total. The SMILES string of the molecule is CC(=O)c1ccccc1NC(=O)CSc1nnc(C)n1C1CCCCC1. The first-order valence-electron chi connectivity index (χ1n) is 9.00. The molecule has 1 fully saturated rings. The molecule has 1 amide bonds. The maximum atomic E-state index is 12.4. The van der Waals surface area contributed by atoms with Gasteiger partial charge in [0.25, 0.3) is 0 Å². The molecule has 1 aliphatic carbocycles. The lowest BCUT2D eigenvalue weighted by Gasteiger charge is -2.24. The van der Waals surface area contributed by atoms with Gasteiger partial charge in [-0.2, -0.15) is 0 Å². The Morgan fingerprint density at radius 1 is 1.19 bits per heavy atom. The quantitative estimate of drug-likeness (QED) is 0.612. The normalized spacial score (nSPS) is 15.0. The van der Waals surface area contributed by atoms with Crippen LogP contribution in [0, 0.1) is 6.92 Å². The van der Waals surface area contributed by atoms with Crippen LogP contribution in [0.2, 0.25) is 0 Å². The number of benzene rings is 1. The molecule has 1 saturated carbocycles. The van der Waals surface area contributed by atoms with Gasteiger partial charge in [0.1, 0.15) is 5.82 Å². The Hall–Kier alpha value is -2.15. The number of carbonyl (C=O) groups excluding carboxylic acids is 2. The van der Waals surface area contributed by atoms with E-state index in [1.54, 1.807) is 24.3 Å². The molecular formula is C19H24N4O2S. The molecule has 3 rings (SSSR count). The third kappa shape index (κ3) is 4.33. The molecular weight excluding hydrogens is 348 g/mol. The summed E-state index contributed by atoms with van der Waals surface area (Å²) in [5, 5.41) is 12.1. The maximum absolute atomic E-state index is 12.4. The molecule has 138 valence electrons. The third-order valence-electron chi connectivity index (χ3n) is 4.69. The minimum atomic E-state index is -0.153. The van der Waals surface area contributed by atoms with Crippen LogP contribution in [0.25, 0.3) is 0 Å². The summed E-state index contributed by atoms with van der Waals surface area (Å²) in [6.07, 6.45) is 6.04. The minimum absolute atomic E-state index is 0.0683. The van der Waals surface area contributed by atoms with E-state index in [4.69, 9.17) is 0 Å². The number of aryl methyl sites for hydroxylation is 1. The van der Waals surface area contributed by atoms with E-state index in [0.717, 1.165) is 23.8 Å². The lowest BCUT2D eigenvalue weighted by Crippen LogP contribution is -2.18. The summed E-state index contributed by atoms with van der Waals surface area (Å²) in [7, 11) is 0. The van der Waals surface area contributed by atoms with Gasteiger partial charge in [0, 0.05) is 11.6 Å². The van der Waals surface area contributed by atoms with Crippen molar-refractivity contribution in [1.29, 1.82) is 0 Å². The van der Waals surface area contributed by atoms with Gasteiger partial charge in [0.05, 0.1) is 11.4 Å². The Morgan fingerprint density at radius 2 is 1.92 bits per heavy atom. The van der Waals surface area contributed by atoms with Crippen molar-refractivity contribution in [2.75, 3.05) is 11.1 Å². The van der Waals surface area contributed by atoms with Crippen LogP contribution in [0.3, 0.4) is 0 Å². The number of nitrogens with one attached hydrogen (secondary N) is 1. The summed E-state index contributed by atoms with van der Waals surface area (Å²) in [5.41, 5.74) is 1.07. The molecule has 0 atom stereocenters. The molecule has 0 aliphatic heterocycles. The Bertz CT molecular complexity index is 797. The molecule has 1 heterocycles. The molecule has 0 unspecified atom stereocenters. The second-order valence-electron chi connectivity index (χ2n) is 6.63. The van der Waals surface area contributed by atoms with Crippen LogP contribution in [-0.4, -0.2) is 32.2 Å². The van der Waals surface area contributed by atoms with Crippen molar-refractivity contribution >= 4 is 29.1 Å². The number of aromatic nitrogens is 3. The Morgan fingerprint density at radius 3 is 2.65 bits per heavy atom. The molecule has 1 aromatic carbocycles. The average molecular weight is 372 g/mol. The van der Waals surface area contributed by atoms with Crippen molar-refractivity contribution in [2.24, 2.45) is 0 Å². The number of anilines is 1. The lowest BCUT2D eigenvalue weighted by atomic mass is 9.95. The molecule has 26 heavy (non-hydrogen) atoms. The first kappa shape index (κ1) is 18.6. The van der Waals surface area contributed by atoms with Crippen LogP contribution >= 0.6 is 11.8 Å². The zero-order chi connectivity index (χ0) is 18.5. The highest BCUT2D eigenvalue weighted by Gasteiger charge is 2.22. The summed E-state index contributed by atoms with van der Waals surface area (Å²) in [5.74, 6) is 0.916. The van der Waals surface area contributed by atoms with Crippen LogP contribution in [0.1, 0.15) is 61.3 Å². The van der Waals surface area contributed by atoms with Gasteiger partial charge in [-0.05, 0) is 38.8 Å². The minimum Gasteiger partial charge on any atom is -0.325 e. The standard InChI is InChI=1S/C19H24N4O2S/c1-13(24)16-10-6-7-11-17(16)20-18(25)12-26-19-22-21-14(2)23(19)15-8-4-3-5-9-15/h6-7,10-11,15H,3-5,8-9,12H2,1-2H3,(H,20,25). The summed E-state index contributed by atoms with van der Waals surface area (Å²) >= 11 is 1.40. The highest BCUT2D eigenvalue weighted by molar-refractivity contribution is 7.99. The van der Waals surface area contributed by atoms with E-state index in [2.05, 4.69) is 20.1 Å². The van der Waals surface area contributed by atoms with Gasteiger partial charge in [-0.15, -0.1) is 10.2 Å². The zero-order valence-corrected chi connectivity index (χ0v) is 16.0. The Balaban J connectivity index is 1.65. The van der Waals surface area contributed by atoms with E-state index < -0.39 is 0 Å². The number of amides is 1. The highest BCUT2D eigenvalue weighted by Crippen LogP contribution is 2.32. The molecule has 1 N–H and O–H groups in total. The van der Waals surface area contributed by atoms with E-state index in [1.165, 1.54) is 37.9 Å². The second kappa shape index (κ2) is 8.49. The van der Waals surface area contributed by atoms with E-state index in [0.29, 0.717) is 17.3 Å². The van der Waals surface area contributed by atoms with Gasteiger partial charge in [-0.1, -0.05) is 43.2 Å². The lowest BCUT2D eigenvalue weighted by molar-refractivity contribution is -0.113. The van der Waals surface area contributed by atoms with Crippen molar-refractivity contribution in [2.45, 2.75) is 57.1 Å². The van der Waals surface area contributed by atoms with E-state index in [1.807, 2.05) is 6.92 Å². The van der Waals surface area contributed by atoms with Crippen molar-refractivity contribution in [3.63, 3.8) is 0 Å². The van der Waals surface area contributed by atoms with E-state index in [9.17, 15) is 9.59 Å². The number of rotatable bonds is 6. The predicted octanol–water partition coefficient (Wildman–Crippen LogP) is 4.03. The predicted molar refractivity (Wildman–Crippen MR) is 103 cm³/mol. The molecule has 0 bridgehead atoms. The number of hydrogen-bond donors (Lipinski definition) is 1. The first-order chi connectivity index (χ1) is 12.6. The van der Waals surface area contributed by atoms with Crippen molar-refractivity contribution in [3.8, 4) is 0 Å². The number of ketones is 1. The summed E-state index contributed by atoms with van der Waals surface area (Å²) in [6.45, 7) is 3.46. The van der Waals surface area contributed by atoms with E-state index >= 15 is 0 Å². The summed E-state index contributed by atoms with van der Waals surface area (Å²) in [6, 6.07) is 7.49. The van der Waals surface area contributed by atoms with Crippen LogP contribution in [0.4, 0.5) is 5.69 Å². The van der Waals surface area contributed by atoms with Gasteiger partial charge >= 0.3 is 0 Å². The Kier molecular flexibility index (Phi) is 6.08. The van der Waals surface area contributed by atoms with Crippen LogP contribution in [-0.2, 0) is 4.79 Å². The van der Waals surface area contributed by atoms with E-state index in [-0.39, 0.29) is 17.4 Å². The fourth-order valence-electron chi connectivity index (χ4n) is 3.42. The topological polar surface area (TPSA) is 76.9 Å². The summed E-state index contributed by atoms with van der Waals surface area (Å²) < 4.78 is 2.18. The number of thioether (sulfide) groups is 1. The molecule has 0 saturated heterocycles. The average Bonchev–Trinajstić information content (AvgIpc) is 3.01. The van der Waals surface area contributed by atoms with Crippen molar-refractivity contribution in [3.05, 3.63) is 35.7 Å². The van der Waals surface area contributed by atoms with Gasteiger partial charge in [0.2, 0.25) is 5.91 Å². The number of hydrogen-bond acceptors (Lipinski definition) is 5. The van der Waals surface area contributed by atoms with Gasteiger partial charge in [-0.3, -0.25) is 9.59 Å². The van der Waals surface area contributed by atoms with Crippen LogP contribution in [0.15, 0.2) is 29.4 Å². The third-order valence-corrected chi connectivity index (χ3v) is 5.63. The smallest absolute Gasteiger partial charge is 0.234 e. The fraction of sp³-hybridized carbons (Fsp3) is 0.474. The zero-order valence-electron chi connectivity index (χ0n) is 15.2. The number of nitrogens with zero attached hydrogens (tertiary/aromatic N) is 3. The molecule has 0 radical (unpaired) electrons. The maximum Gasteiger partial charge on any atom is 0.234 e. The van der Waals surface area contributed by atoms with Gasteiger partial charge < -0.3 is 9.88 Å². The fourth-order valence-corrected chi connectivity index (χ4v) is 4.27. The number of carbonyl (C=O) groups is 2. The van der Waals surface area contributed by atoms with Crippen molar-refractivity contribution < 1.29 is 9.59 Å². The molecule has 1 aliphatic rings. The van der Waals surface area contributed by atoms with Gasteiger partial charge in [-0.25, -0.2) is 0 Å². The highest BCUT2D eigenvalue weighted by atomic mass is 32.2. The van der Waals surface area contributed by atoms with Crippen molar-refractivity contribution in [1.82, 2.24) is 14.8 Å². The molecule has 7 heteroatoms. The monoisotopic (exact) mass is 372 g/mol. The molecule has 1 aromatic heterocycles. The van der Waals surface area contributed by atoms with Gasteiger partial charge in [0.15, 0.2) is 10.9 Å². The first-order valence-corrected chi connectivity index (χ1v) is 9.99.